The van der Waals surface area contributed by atoms with Gasteiger partial charge in [-0.05, 0) is 44.0 Å². The molecule has 0 radical (unpaired) electrons. The summed E-state index contributed by atoms with van der Waals surface area (Å²) in [6.07, 6.45) is 1.88. The van der Waals surface area contributed by atoms with Crippen LogP contribution in [0.4, 0.5) is 0 Å². The van der Waals surface area contributed by atoms with Crippen LogP contribution in [0, 0.1) is 0 Å². The van der Waals surface area contributed by atoms with E-state index in [9.17, 15) is 0 Å². The van der Waals surface area contributed by atoms with Gasteiger partial charge in [-0.25, -0.2) is 0 Å². The molecule has 0 aromatic heterocycles. The van der Waals surface area contributed by atoms with Crippen LogP contribution in [0.15, 0.2) is 46.2 Å². The summed E-state index contributed by atoms with van der Waals surface area (Å²) in [5.74, 6) is 3.00. The minimum atomic E-state index is -0.711. The molecule has 25 heavy (non-hydrogen) atoms. The molecule has 0 fully saturated rings. The molecule has 2 aromatic carbocycles. The van der Waals surface area contributed by atoms with Gasteiger partial charge in [-0.3, -0.25) is 0 Å². The molecule has 132 valence electrons. The lowest BCUT2D eigenvalue weighted by Crippen LogP contribution is -2.21. The van der Waals surface area contributed by atoms with Crippen LogP contribution in [0.3, 0.4) is 0 Å². The second kappa shape index (κ2) is 7.45. The van der Waals surface area contributed by atoms with E-state index in [1.165, 1.54) is 0 Å². The van der Waals surface area contributed by atoms with E-state index in [0.29, 0.717) is 31.3 Å². The van der Waals surface area contributed by atoms with Gasteiger partial charge in [0.15, 0.2) is 11.5 Å². The van der Waals surface area contributed by atoms with E-state index >= 15 is 0 Å². The van der Waals surface area contributed by atoms with E-state index in [2.05, 4.69) is 0 Å². The maximum absolute atomic E-state index is 6.00. The molecule has 0 saturated carbocycles. The third kappa shape index (κ3) is 3.50. The maximum Gasteiger partial charge on any atom is 0.361 e. The Morgan fingerprint density at radius 3 is 2.56 bits per heavy atom. The summed E-state index contributed by atoms with van der Waals surface area (Å²) in [5, 5.41) is 0. The SMILES string of the molecule is CCOC1Oc2ccc3c(c2O1)Sc1ccccc1OCCCCO3. The van der Waals surface area contributed by atoms with Crippen LogP contribution in [0.25, 0.3) is 0 Å². The van der Waals surface area contributed by atoms with Crippen molar-refractivity contribution in [1.82, 2.24) is 0 Å². The number of fused-ring (bicyclic) bond motifs is 4. The molecule has 0 bridgehead atoms. The molecule has 1 atom stereocenters. The van der Waals surface area contributed by atoms with Crippen LogP contribution >= 0.6 is 11.8 Å². The van der Waals surface area contributed by atoms with Gasteiger partial charge in [0.25, 0.3) is 0 Å². The Hall–Kier alpha value is -2.05. The maximum atomic E-state index is 6.00. The topological polar surface area (TPSA) is 46.2 Å². The molecule has 5 nitrogen and oxygen atoms in total. The molecule has 0 amide bonds. The van der Waals surface area contributed by atoms with Crippen molar-refractivity contribution in [3.8, 4) is 23.0 Å². The van der Waals surface area contributed by atoms with Gasteiger partial charge < -0.3 is 23.7 Å². The number of hydrogen-bond acceptors (Lipinski definition) is 6. The van der Waals surface area contributed by atoms with Gasteiger partial charge in [0.05, 0.1) is 24.7 Å². The highest BCUT2D eigenvalue weighted by Crippen LogP contribution is 2.51. The van der Waals surface area contributed by atoms with Gasteiger partial charge in [0, 0.05) is 0 Å². The minimum Gasteiger partial charge on any atom is -0.492 e. The first kappa shape index (κ1) is 16.4. The van der Waals surface area contributed by atoms with Crippen molar-refractivity contribution < 1.29 is 23.7 Å². The fraction of sp³-hybridized carbons (Fsp3) is 0.368. The van der Waals surface area contributed by atoms with Gasteiger partial charge in [-0.15, -0.1) is 0 Å². The Morgan fingerprint density at radius 1 is 0.960 bits per heavy atom. The number of hydrogen-bond donors (Lipinski definition) is 0. The smallest absolute Gasteiger partial charge is 0.361 e. The predicted molar refractivity (Wildman–Crippen MR) is 93.9 cm³/mol. The number of ether oxygens (including phenoxy) is 5. The van der Waals surface area contributed by atoms with E-state index in [-0.39, 0.29) is 0 Å². The third-order valence-electron chi connectivity index (χ3n) is 3.89. The summed E-state index contributed by atoms with van der Waals surface area (Å²) in [5.41, 5.74) is 0. The van der Waals surface area contributed by atoms with E-state index in [4.69, 9.17) is 23.7 Å². The van der Waals surface area contributed by atoms with Crippen molar-refractivity contribution in [3.05, 3.63) is 36.4 Å². The first-order chi connectivity index (χ1) is 12.3. The number of benzene rings is 2. The van der Waals surface area contributed by atoms with E-state index < -0.39 is 6.48 Å². The fourth-order valence-corrected chi connectivity index (χ4v) is 3.76. The molecule has 2 aliphatic rings. The Balaban J connectivity index is 1.73. The molecule has 0 aliphatic carbocycles. The first-order valence-electron chi connectivity index (χ1n) is 8.49. The monoisotopic (exact) mass is 360 g/mol. The van der Waals surface area contributed by atoms with Gasteiger partial charge in [0.1, 0.15) is 16.4 Å². The molecule has 1 unspecified atom stereocenters. The van der Waals surface area contributed by atoms with Crippen molar-refractivity contribution >= 4 is 11.8 Å². The second-order valence-corrected chi connectivity index (χ2v) is 6.70. The molecular formula is C19H20O5S. The van der Waals surface area contributed by atoms with E-state index in [1.807, 2.05) is 43.3 Å². The van der Waals surface area contributed by atoms with Gasteiger partial charge in [-0.2, -0.15) is 0 Å². The third-order valence-corrected chi connectivity index (χ3v) is 5.04. The average Bonchev–Trinajstić information content (AvgIpc) is 3.02. The highest BCUT2D eigenvalue weighted by atomic mass is 32.2. The largest absolute Gasteiger partial charge is 0.492 e. The lowest BCUT2D eigenvalue weighted by molar-refractivity contribution is -0.174. The quantitative estimate of drug-likeness (QED) is 0.787. The molecule has 0 saturated heterocycles. The lowest BCUT2D eigenvalue weighted by atomic mass is 10.3. The average molecular weight is 360 g/mol. The molecule has 4 rings (SSSR count). The zero-order chi connectivity index (χ0) is 17.1. The Bertz CT molecular complexity index is 749. The zero-order valence-corrected chi connectivity index (χ0v) is 14.8. The van der Waals surface area contributed by atoms with Crippen LogP contribution in [-0.4, -0.2) is 26.3 Å². The summed E-state index contributed by atoms with van der Waals surface area (Å²) in [6, 6.07) is 11.8. The zero-order valence-electron chi connectivity index (χ0n) is 14.0. The van der Waals surface area contributed by atoms with Crippen LogP contribution in [-0.2, 0) is 4.74 Å². The van der Waals surface area contributed by atoms with Crippen LogP contribution in [0.1, 0.15) is 19.8 Å². The van der Waals surface area contributed by atoms with Gasteiger partial charge in [-0.1, -0.05) is 23.9 Å². The standard InChI is InChI=1S/C19H20O5S/c1-2-20-19-23-14-9-10-15-18(17(14)24-19)25-16-8-4-3-7-13(16)21-11-5-6-12-22-15/h3-4,7-10,19H,2,5-6,11-12H2,1H3. The number of para-hydroxylation sites is 1. The summed E-state index contributed by atoms with van der Waals surface area (Å²) in [6.45, 7) is 3.03. The Labute approximate surface area is 151 Å². The predicted octanol–water partition coefficient (Wildman–Crippen LogP) is 4.48. The van der Waals surface area contributed by atoms with Crippen LogP contribution in [0.2, 0.25) is 0 Å². The normalized spacial score (nSPS) is 19.0. The molecule has 0 N–H and O–H groups in total. The van der Waals surface area contributed by atoms with Crippen LogP contribution in [0.5, 0.6) is 23.0 Å². The minimum absolute atomic E-state index is 0.515. The van der Waals surface area contributed by atoms with E-state index in [0.717, 1.165) is 34.1 Å². The molecule has 0 spiro atoms. The summed E-state index contributed by atoms with van der Waals surface area (Å²) in [4.78, 5) is 1.91. The van der Waals surface area contributed by atoms with Gasteiger partial charge in [0.2, 0.25) is 0 Å². The van der Waals surface area contributed by atoms with E-state index in [1.54, 1.807) is 11.8 Å². The first-order valence-corrected chi connectivity index (χ1v) is 9.31. The van der Waals surface area contributed by atoms with Crippen molar-refractivity contribution in [2.75, 3.05) is 19.8 Å². The molecule has 2 aromatic rings. The Morgan fingerprint density at radius 2 is 1.72 bits per heavy atom. The number of rotatable bonds is 2. The molecular weight excluding hydrogens is 340 g/mol. The highest BCUT2D eigenvalue weighted by Gasteiger charge is 2.30. The van der Waals surface area contributed by atoms with Crippen molar-refractivity contribution in [1.29, 1.82) is 0 Å². The van der Waals surface area contributed by atoms with Crippen molar-refractivity contribution in [2.24, 2.45) is 0 Å². The van der Waals surface area contributed by atoms with Crippen molar-refractivity contribution in [3.63, 3.8) is 0 Å². The molecule has 2 aliphatic heterocycles. The van der Waals surface area contributed by atoms with Gasteiger partial charge >= 0.3 is 6.48 Å². The summed E-state index contributed by atoms with van der Waals surface area (Å²) < 4.78 is 29.0. The molecule has 6 heteroatoms. The summed E-state index contributed by atoms with van der Waals surface area (Å²) in [7, 11) is 0. The fourth-order valence-electron chi connectivity index (χ4n) is 2.70. The lowest BCUT2D eigenvalue weighted by Gasteiger charge is -2.14. The van der Waals surface area contributed by atoms with Crippen molar-refractivity contribution in [2.45, 2.75) is 36.0 Å². The second-order valence-electron chi connectivity index (χ2n) is 5.65. The molecule has 2 heterocycles. The summed E-state index contributed by atoms with van der Waals surface area (Å²) >= 11 is 1.56. The highest BCUT2D eigenvalue weighted by molar-refractivity contribution is 7.99. The Kier molecular flexibility index (Phi) is 4.90. The van der Waals surface area contributed by atoms with Crippen LogP contribution < -0.4 is 18.9 Å².